The van der Waals surface area contributed by atoms with Crippen molar-refractivity contribution in [2.75, 3.05) is 13.1 Å². The number of aromatic nitrogens is 1. The van der Waals surface area contributed by atoms with Crippen LogP contribution < -0.4 is 4.80 Å². The highest BCUT2D eigenvalue weighted by atomic mass is 32.2. The smallest absolute Gasteiger partial charge is 0.243 e. The van der Waals surface area contributed by atoms with E-state index in [9.17, 15) is 8.42 Å². The summed E-state index contributed by atoms with van der Waals surface area (Å²) in [6, 6.07) is 26.1. The predicted octanol–water partition coefficient (Wildman–Crippen LogP) is 6.81. The standard InChI is InChI=1S/C31H35N3O2S2/c1-3-19-34-30(23-37-31(34)32-28-13-9-24(2)10-14-28)27-11-15-29(16-12-27)38(35,36)33-20-17-26(18-21-33)22-25-7-5-4-6-8-25/h4-16,23,26H,3,17-22H2,1-2H3. The summed E-state index contributed by atoms with van der Waals surface area (Å²) in [7, 11) is -3.51. The fourth-order valence-corrected chi connectivity index (χ4v) is 7.49. The molecule has 1 aliphatic rings. The van der Waals surface area contributed by atoms with Gasteiger partial charge in [0.05, 0.1) is 16.3 Å². The van der Waals surface area contributed by atoms with E-state index in [0.717, 1.165) is 54.0 Å². The number of hydrogen-bond acceptors (Lipinski definition) is 4. The van der Waals surface area contributed by atoms with E-state index in [4.69, 9.17) is 4.99 Å². The Bertz CT molecular complexity index is 1510. The second-order valence-electron chi connectivity index (χ2n) is 10.1. The Morgan fingerprint density at radius 2 is 1.61 bits per heavy atom. The summed E-state index contributed by atoms with van der Waals surface area (Å²) in [5.74, 6) is 0.526. The lowest BCUT2D eigenvalue weighted by Gasteiger charge is -2.31. The average Bonchev–Trinajstić information content (AvgIpc) is 3.33. The number of benzene rings is 3. The first kappa shape index (κ1) is 26.6. The van der Waals surface area contributed by atoms with Crippen LogP contribution in [-0.4, -0.2) is 30.4 Å². The van der Waals surface area contributed by atoms with Gasteiger partial charge in [-0.15, -0.1) is 11.3 Å². The van der Waals surface area contributed by atoms with Crippen LogP contribution in [0, 0.1) is 12.8 Å². The molecule has 1 aromatic heterocycles. The number of piperidine rings is 1. The zero-order valence-corrected chi connectivity index (χ0v) is 23.7. The van der Waals surface area contributed by atoms with Crippen molar-refractivity contribution in [2.45, 2.75) is 51.0 Å². The zero-order chi connectivity index (χ0) is 26.5. The van der Waals surface area contributed by atoms with Gasteiger partial charge >= 0.3 is 0 Å². The molecule has 38 heavy (non-hydrogen) atoms. The van der Waals surface area contributed by atoms with E-state index < -0.39 is 10.0 Å². The molecule has 2 heterocycles. The Labute approximate surface area is 230 Å². The summed E-state index contributed by atoms with van der Waals surface area (Å²) >= 11 is 1.61. The number of nitrogens with zero attached hydrogens (tertiary/aromatic N) is 3. The molecule has 0 spiro atoms. The molecular formula is C31H35N3O2S2. The molecule has 7 heteroatoms. The minimum Gasteiger partial charge on any atom is -0.316 e. The second-order valence-corrected chi connectivity index (χ2v) is 12.8. The Hall–Kier alpha value is -3.00. The summed E-state index contributed by atoms with van der Waals surface area (Å²) in [5.41, 5.74) is 5.54. The van der Waals surface area contributed by atoms with Gasteiger partial charge in [0.15, 0.2) is 4.80 Å². The highest BCUT2D eigenvalue weighted by molar-refractivity contribution is 7.89. The molecule has 5 rings (SSSR count). The van der Waals surface area contributed by atoms with Gasteiger partial charge in [0.25, 0.3) is 0 Å². The van der Waals surface area contributed by atoms with Crippen molar-refractivity contribution < 1.29 is 8.42 Å². The third-order valence-corrected chi connectivity index (χ3v) is 10.0. The van der Waals surface area contributed by atoms with Crippen LogP contribution in [0.2, 0.25) is 0 Å². The topological polar surface area (TPSA) is 54.7 Å². The second kappa shape index (κ2) is 11.8. The summed E-state index contributed by atoms with van der Waals surface area (Å²) in [4.78, 5) is 6.19. The molecule has 1 saturated heterocycles. The maximum atomic E-state index is 13.4. The van der Waals surface area contributed by atoms with Gasteiger partial charge in [0.1, 0.15) is 0 Å². The van der Waals surface area contributed by atoms with Gasteiger partial charge in [0.2, 0.25) is 10.0 Å². The van der Waals surface area contributed by atoms with Crippen molar-refractivity contribution in [2.24, 2.45) is 10.9 Å². The third kappa shape index (κ3) is 6.01. The molecule has 0 bridgehead atoms. The van der Waals surface area contributed by atoms with Crippen molar-refractivity contribution in [1.82, 2.24) is 8.87 Å². The fourth-order valence-electron chi connectivity index (χ4n) is 5.07. The molecule has 0 unspecified atom stereocenters. The van der Waals surface area contributed by atoms with Crippen LogP contribution >= 0.6 is 11.3 Å². The lowest BCUT2D eigenvalue weighted by atomic mass is 9.91. The number of thiazole rings is 1. The maximum absolute atomic E-state index is 13.4. The van der Waals surface area contributed by atoms with Crippen LogP contribution in [-0.2, 0) is 23.0 Å². The van der Waals surface area contributed by atoms with Gasteiger partial charge in [-0.3, -0.25) is 0 Å². The third-order valence-electron chi connectivity index (χ3n) is 7.23. The molecule has 0 N–H and O–H groups in total. The van der Waals surface area contributed by atoms with E-state index >= 15 is 0 Å². The number of aryl methyl sites for hydroxylation is 1. The average molecular weight is 546 g/mol. The molecule has 198 valence electrons. The largest absolute Gasteiger partial charge is 0.316 e. The Morgan fingerprint density at radius 1 is 0.921 bits per heavy atom. The summed E-state index contributed by atoms with van der Waals surface area (Å²) in [6.07, 6.45) is 3.79. The van der Waals surface area contributed by atoms with Crippen molar-refractivity contribution in [3.8, 4) is 11.3 Å². The Kier molecular flexibility index (Phi) is 8.27. The van der Waals surface area contributed by atoms with Crippen LogP contribution in [0.5, 0.6) is 0 Å². The van der Waals surface area contributed by atoms with E-state index in [1.807, 2.05) is 30.3 Å². The molecule has 3 aromatic carbocycles. The minimum atomic E-state index is -3.51. The van der Waals surface area contributed by atoms with E-state index in [0.29, 0.717) is 23.9 Å². The zero-order valence-electron chi connectivity index (χ0n) is 22.1. The lowest BCUT2D eigenvalue weighted by molar-refractivity contribution is 0.273. The molecule has 5 nitrogen and oxygen atoms in total. The quantitative estimate of drug-likeness (QED) is 0.244. The van der Waals surface area contributed by atoms with Crippen LogP contribution in [0.1, 0.15) is 37.3 Å². The van der Waals surface area contributed by atoms with Crippen LogP contribution in [0.4, 0.5) is 5.69 Å². The lowest BCUT2D eigenvalue weighted by Crippen LogP contribution is -2.38. The number of rotatable bonds is 8. The van der Waals surface area contributed by atoms with Gasteiger partial charge in [-0.05, 0) is 73.9 Å². The fraction of sp³-hybridized carbons (Fsp3) is 0.323. The minimum absolute atomic E-state index is 0.365. The van der Waals surface area contributed by atoms with Gasteiger partial charge in [-0.2, -0.15) is 4.31 Å². The Balaban J connectivity index is 1.31. The van der Waals surface area contributed by atoms with Crippen molar-refractivity contribution in [1.29, 1.82) is 0 Å². The van der Waals surface area contributed by atoms with Gasteiger partial charge in [-0.25, -0.2) is 13.4 Å². The first-order valence-corrected chi connectivity index (χ1v) is 15.7. The van der Waals surface area contributed by atoms with E-state index in [1.54, 1.807) is 27.8 Å². The molecule has 1 fully saturated rings. The van der Waals surface area contributed by atoms with Crippen LogP contribution in [0.25, 0.3) is 11.3 Å². The molecule has 0 radical (unpaired) electrons. The predicted molar refractivity (Wildman–Crippen MR) is 156 cm³/mol. The highest BCUT2D eigenvalue weighted by Gasteiger charge is 2.29. The number of sulfonamides is 1. The maximum Gasteiger partial charge on any atom is 0.243 e. The van der Waals surface area contributed by atoms with Crippen molar-refractivity contribution in [3.63, 3.8) is 0 Å². The van der Waals surface area contributed by atoms with Crippen LogP contribution in [0.15, 0.2) is 94.1 Å². The van der Waals surface area contributed by atoms with Gasteiger partial charge < -0.3 is 4.57 Å². The first-order chi connectivity index (χ1) is 18.4. The van der Waals surface area contributed by atoms with Gasteiger partial charge in [0, 0.05) is 25.0 Å². The van der Waals surface area contributed by atoms with Crippen molar-refractivity contribution in [3.05, 3.63) is 100 Å². The SMILES string of the molecule is CCCn1c(-c2ccc(S(=O)(=O)N3CCC(Cc4ccccc4)CC3)cc2)csc1=Nc1ccc(C)cc1. The summed E-state index contributed by atoms with van der Waals surface area (Å²) in [6.45, 7) is 6.23. The molecule has 0 amide bonds. The van der Waals surface area contributed by atoms with Crippen LogP contribution in [0.3, 0.4) is 0 Å². The van der Waals surface area contributed by atoms with E-state index in [1.165, 1.54) is 11.1 Å². The van der Waals surface area contributed by atoms with Gasteiger partial charge in [-0.1, -0.05) is 67.1 Å². The molecular weight excluding hydrogens is 510 g/mol. The van der Waals surface area contributed by atoms with Crippen molar-refractivity contribution >= 4 is 27.0 Å². The van der Waals surface area contributed by atoms with E-state index in [-0.39, 0.29) is 0 Å². The normalized spacial score (nSPS) is 15.7. The Morgan fingerprint density at radius 3 is 2.26 bits per heavy atom. The summed E-state index contributed by atoms with van der Waals surface area (Å²) < 4.78 is 30.7. The summed E-state index contributed by atoms with van der Waals surface area (Å²) in [5, 5.41) is 2.11. The van der Waals surface area contributed by atoms with E-state index in [2.05, 4.69) is 60.2 Å². The molecule has 4 aromatic rings. The molecule has 0 saturated carbocycles. The monoisotopic (exact) mass is 545 g/mol. The highest BCUT2D eigenvalue weighted by Crippen LogP contribution is 2.28. The molecule has 0 aliphatic carbocycles. The first-order valence-electron chi connectivity index (χ1n) is 13.4. The molecule has 0 atom stereocenters. The number of hydrogen-bond donors (Lipinski definition) is 0. The molecule has 1 aliphatic heterocycles.